The first-order valence-corrected chi connectivity index (χ1v) is 3.60. The maximum atomic E-state index is 11.0. The highest BCUT2D eigenvalue weighted by Gasteiger charge is 2.13. The molecule has 0 aliphatic heterocycles. The van der Waals surface area contributed by atoms with Crippen LogP contribution in [0.4, 0.5) is 0 Å². The quantitative estimate of drug-likeness (QED) is 0.223. The number of hydrogen-bond acceptors (Lipinski definition) is 5. The van der Waals surface area contributed by atoms with Gasteiger partial charge in [-0.3, -0.25) is 5.32 Å². The molecule has 0 saturated heterocycles. The number of nitrogens with one attached hydrogen (secondary N) is 1. The van der Waals surface area contributed by atoms with E-state index in [0.29, 0.717) is 0 Å². The molecule has 1 N–H and O–H groups in total. The van der Waals surface area contributed by atoms with Gasteiger partial charge in [-0.25, -0.2) is 4.79 Å². The highest BCUT2D eigenvalue weighted by Crippen LogP contribution is 2.01. The van der Waals surface area contributed by atoms with Crippen LogP contribution in [0.5, 0.6) is 0 Å². The molecular formula is C8H9N3O2. The Hall–Kier alpha value is -2.01. The molecule has 0 aromatic carbocycles. The number of rotatable bonds is 3. The Morgan fingerprint density at radius 2 is 2.15 bits per heavy atom. The third-order valence-electron chi connectivity index (χ3n) is 1.21. The van der Waals surface area contributed by atoms with Gasteiger partial charge in [-0.2, -0.15) is 10.5 Å². The van der Waals surface area contributed by atoms with Crippen molar-refractivity contribution in [2.24, 2.45) is 0 Å². The fourth-order valence-corrected chi connectivity index (χ4v) is 0.632. The number of ether oxygens (including phenoxy) is 1. The molecule has 0 aromatic heterocycles. The molecule has 0 radical (unpaired) electrons. The van der Waals surface area contributed by atoms with Gasteiger partial charge in [0.2, 0.25) is 0 Å². The van der Waals surface area contributed by atoms with Crippen molar-refractivity contribution in [1.82, 2.24) is 5.32 Å². The summed E-state index contributed by atoms with van der Waals surface area (Å²) >= 11 is 0. The topological polar surface area (TPSA) is 85.9 Å². The van der Waals surface area contributed by atoms with Crippen LogP contribution < -0.4 is 5.32 Å². The summed E-state index contributed by atoms with van der Waals surface area (Å²) in [6.07, 6.45) is 1.61. The van der Waals surface area contributed by atoms with E-state index in [9.17, 15) is 4.79 Å². The van der Waals surface area contributed by atoms with Gasteiger partial charge in [0.25, 0.3) is 0 Å². The van der Waals surface area contributed by atoms with E-state index in [4.69, 9.17) is 10.5 Å². The normalized spacial score (nSPS) is 10.5. The Bertz CT molecular complexity index is 306. The van der Waals surface area contributed by atoms with Crippen LogP contribution >= 0.6 is 0 Å². The molecule has 0 aliphatic carbocycles. The first kappa shape index (κ1) is 11.0. The molecule has 0 amide bonds. The molecule has 0 rings (SSSR count). The van der Waals surface area contributed by atoms with Crippen LogP contribution in [0.15, 0.2) is 11.3 Å². The van der Waals surface area contributed by atoms with Gasteiger partial charge in [0.05, 0.1) is 6.61 Å². The largest absolute Gasteiger partial charge is 0.462 e. The monoisotopic (exact) mass is 179 g/mol. The predicted molar refractivity (Wildman–Crippen MR) is 43.7 cm³/mol. The van der Waals surface area contributed by atoms with Crippen molar-refractivity contribution in [3.8, 4) is 12.3 Å². The van der Waals surface area contributed by atoms with Crippen LogP contribution in [0, 0.1) is 22.8 Å². The minimum Gasteiger partial charge on any atom is -0.462 e. The van der Waals surface area contributed by atoms with Crippen molar-refractivity contribution in [3.05, 3.63) is 11.3 Å². The summed E-state index contributed by atoms with van der Waals surface area (Å²) in [5.41, 5.74) is 0.0202. The zero-order chi connectivity index (χ0) is 10.3. The lowest BCUT2D eigenvalue weighted by molar-refractivity contribution is -0.138. The van der Waals surface area contributed by atoms with E-state index in [2.05, 4.69) is 10.1 Å². The zero-order valence-electron chi connectivity index (χ0n) is 7.42. The molecule has 5 nitrogen and oxygen atoms in total. The number of nitrogens with zero attached hydrogens (tertiary/aromatic N) is 2. The minimum absolute atomic E-state index is 0.177. The molecule has 13 heavy (non-hydrogen) atoms. The van der Waals surface area contributed by atoms with Gasteiger partial charge in [0.1, 0.15) is 6.07 Å². The van der Waals surface area contributed by atoms with Crippen LogP contribution in [0.3, 0.4) is 0 Å². The van der Waals surface area contributed by atoms with Crippen LogP contribution in [0.1, 0.15) is 13.8 Å². The lowest BCUT2D eigenvalue weighted by atomic mass is 10.2. The SMILES string of the molecule is CCOC(=O)/C(C#N)=C(/C)NC#N. The van der Waals surface area contributed by atoms with Gasteiger partial charge in [0.15, 0.2) is 11.8 Å². The molecule has 0 aliphatic rings. The van der Waals surface area contributed by atoms with Crippen molar-refractivity contribution in [3.63, 3.8) is 0 Å². The molecule has 0 atom stereocenters. The van der Waals surface area contributed by atoms with Gasteiger partial charge in [-0.15, -0.1) is 0 Å². The van der Waals surface area contributed by atoms with Gasteiger partial charge in [0, 0.05) is 5.70 Å². The van der Waals surface area contributed by atoms with Crippen molar-refractivity contribution in [2.45, 2.75) is 13.8 Å². The summed E-state index contributed by atoms with van der Waals surface area (Å²) in [5, 5.41) is 19.0. The van der Waals surface area contributed by atoms with Gasteiger partial charge < -0.3 is 4.74 Å². The minimum atomic E-state index is -0.717. The number of nitriles is 2. The third-order valence-corrected chi connectivity index (χ3v) is 1.21. The average molecular weight is 179 g/mol. The van der Waals surface area contributed by atoms with E-state index in [1.54, 1.807) is 19.2 Å². The summed E-state index contributed by atoms with van der Waals surface area (Å²) in [5.74, 6) is -0.717. The molecule has 5 heteroatoms. The Morgan fingerprint density at radius 1 is 1.54 bits per heavy atom. The van der Waals surface area contributed by atoms with E-state index >= 15 is 0 Å². The van der Waals surface area contributed by atoms with Crippen LogP contribution in [0.25, 0.3) is 0 Å². The van der Waals surface area contributed by atoms with Gasteiger partial charge in [-0.05, 0) is 13.8 Å². The fraction of sp³-hybridized carbons (Fsp3) is 0.375. The molecule has 0 unspecified atom stereocenters. The van der Waals surface area contributed by atoms with E-state index < -0.39 is 5.97 Å². The number of carbonyl (C=O) groups excluding carboxylic acids is 1. The van der Waals surface area contributed by atoms with Crippen molar-refractivity contribution >= 4 is 5.97 Å². The third kappa shape index (κ3) is 3.26. The second-order valence-corrected chi connectivity index (χ2v) is 2.07. The number of allylic oxidation sites excluding steroid dienone is 1. The lowest BCUT2D eigenvalue weighted by Gasteiger charge is -2.02. The van der Waals surface area contributed by atoms with Crippen LogP contribution in [-0.4, -0.2) is 12.6 Å². The summed E-state index contributed by atoms with van der Waals surface area (Å²) < 4.78 is 4.59. The van der Waals surface area contributed by atoms with Gasteiger partial charge >= 0.3 is 5.97 Å². The number of carbonyl (C=O) groups is 1. The Labute approximate surface area is 76.2 Å². The summed E-state index contributed by atoms with van der Waals surface area (Å²) in [7, 11) is 0. The lowest BCUT2D eigenvalue weighted by Crippen LogP contribution is -2.13. The molecule has 0 aromatic rings. The second-order valence-electron chi connectivity index (χ2n) is 2.07. The smallest absolute Gasteiger partial charge is 0.350 e. The molecule has 0 bridgehead atoms. The van der Waals surface area contributed by atoms with Crippen molar-refractivity contribution in [2.75, 3.05) is 6.61 Å². The van der Waals surface area contributed by atoms with Crippen LogP contribution in [0.2, 0.25) is 0 Å². The van der Waals surface area contributed by atoms with Gasteiger partial charge in [-0.1, -0.05) is 0 Å². The highest BCUT2D eigenvalue weighted by molar-refractivity contribution is 5.93. The highest BCUT2D eigenvalue weighted by atomic mass is 16.5. The Kier molecular flexibility index (Phi) is 4.75. The van der Waals surface area contributed by atoms with E-state index in [1.165, 1.54) is 6.92 Å². The average Bonchev–Trinajstić information content (AvgIpc) is 2.06. The van der Waals surface area contributed by atoms with Crippen molar-refractivity contribution in [1.29, 1.82) is 10.5 Å². The summed E-state index contributed by atoms with van der Waals surface area (Å²) in [6, 6.07) is 1.66. The molecular weight excluding hydrogens is 170 g/mol. The fourth-order valence-electron chi connectivity index (χ4n) is 0.632. The first-order chi connectivity index (χ1) is 6.17. The van der Waals surface area contributed by atoms with Crippen LogP contribution in [-0.2, 0) is 9.53 Å². The van der Waals surface area contributed by atoms with E-state index in [-0.39, 0.29) is 17.9 Å². The Morgan fingerprint density at radius 3 is 2.54 bits per heavy atom. The standard InChI is InChI=1S/C8H9N3O2/c1-3-13-8(12)7(4-9)6(2)11-5-10/h11H,3H2,1-2H3/b7-6-. The van der Waals surface area contributed by atoms with E-state index in [1.807, 2.05) is 0 Å². The summed E-state index contributed by atoms with van der Waals surface area (Å²) in [6.45, 7) is 3.29. The molecule has 0 fully saturated rings. The second kappa shape index (κ2) is 5.62. The maximum Gasteiger partial charge on any atom is 0.350 e. The molecule has 0 saturated carbocycles. The molecule has 0 spiro atoms. The van der Waals surface area contributed by atoms with E-state index in [0.717, 1.165) is 0 Å². The molecule has 0 heterocycles. The number of hydrogen-bond donors (Lipinski definition) is 1. The number of esters is 1. The maximum absolute atomic E-state index is 11.0. The first-order valence-electron chi connectivity index (χ1n) is 3.60. The van der Waals surface area contributed by atoms with Crippen molar-refractivity contribution < 1.29 is 9.53 Å². The molecule has 68 valence electrons. The zero-order valence-corrected chi connectivity index (χ0v) is 7.42. The Balaban J connectivity index is 4.71. The predicted octanol–water partition coefficient (Wildman–Crippen LogP) is 0.418. The summed E-state index contributed by atoms with van der Waals surface area (Å²) in [4.78, 5) is 11.0.